The maximum atomic E-state index is 3.60. The molecule has 0 radical (unpaired) electrons. The molecule has 1 unspecified atom stereocenters. The van der Waals surface area contributed by atoms with Crippen LogP contribution in [0.2, 0.25) is 0 Å². The Kier molecular flexibility index (Phi) is 5.04. The molecule has 0 heterocycles. The van der Waals surface area contributed by atoms with E-state index in [1.54, 1.807) is 5.56 Å². The van der Waals surface area contributed by atoms with E-state index in [9.17, 15) is 0 Å². The molecule has 106 valence electrons. The van der Waals surface area contributed by atoms with Gasteiger partial charge in [0.1, 0.15) is 0 Å². The van der Waals surface area contributed by atoms with E-state index in [-0.39, 0.29) is 0 Å². The fourth-order valence-electron chi connectivity index (χ4n) is 3.86. The SMILES string of the molecule is CCC1CCC(C(NC)c2c(C)cccc2C)CC1. The van der Waals surface area contributed by atoms with Crippen molar-refractivity contribution in [2.24, 2.45) is 11.8 Å². The third-order valence-corrected chi connectivity index (χ3v) is 5.10. The van der Waals surface area contributed by atoms with Crippen molar-refractivity contribution in [1.82, 2.24) is 5.32 Å². The van der Waals surface area contributed by atoms with Crippen molar-refractivity contribution in [2.45, 2.75) is 58.9 Å². The zero-order valence-corrected chi connectivity index (χ0v) is 13.0. The van der Waals surface area contributed by atoms with Gasteiger partial charge >= 0.3 is 0 Å². The maximum Gasteiger partial charge on any atom is 0.0351 e. The largest absolute Gasteiger partial charge is 0.313 e. The summed E-state index contributed by atoms with van der Waals surface area (Å²) in [4.78, 5) is 0. The highest BCUT2D eigenvalue weighted by Crippen LogP contribution is 2.39. The van der Waals surface area contributed by atoms with E-state index in [1.807, 2.05) is 0 Å². The molecule has 1 aromatic rings. The van der Waals surface area contributed by atoms with E-state index in [0.29, 0.717) is 6.04 Å². The van der Waals surface area contributed by atoms with Crippen LogP contribution in [0.4, 0.5) is 0 Å². The molecule has 2 rings (SSSR count). The first kappa shape index (κ1) is 14.6. The van der Waals surface area contributed by atoms with E-state index in [0.717, 1.165) is 11.8 Å². The first-order chi connectivity index (χ1) is 9.17. The molecule has 0 aromatic heterocycles. The molecule has 0 spiro atoms. The fraction of sp³-hybridized carbons (Fsp3) is 0.667. The van der Waals surface area contributed by atoms with Gasteiger partial charge in [-0.15, -0.1) is 0 Å². The lowest BCUT2D eigenvalue weighted by Crippen LogP contribution is -2.29. The van der Waals surface area contributed by atoms with E-state index in [4.69, 9.17) is 0 Å². The molecule has 0 bridgehead atoms. The molecule has 0 amide bonds. The summed E-state index contributed by atoms with van der Waals surface area (Å²) in [5, 5.41) is 3.60. The minimum atomic E-state index is 0.541. The number of rotatable bonds is 4. The van der Waals surface area contributed by atoms with E-state index < -0.39 is 0 Å². The molecule has 1 fully saturated rings. The van der Waals surface area contributed by atoms with Gasteiger partial charge in [0.05, 0.1) is 0 Å². The molecule has 1 saturated carbocycles. The average Bonchev–Trinajstić information content (AvgIpc) is 2.43. The van der Waals surface area contributed by atoms with Gasteiger partial charge < -0.3 is 5.32 Å². The molecule has 0 saturated heterocycles. The Morgan fingerprint density at radius 1 is 1.11 bits per heavy atom. The van der Waals surface area contributed by atoms with Crippen LogP contribution in [0, 0.1) is 25.7 Å². The van der Waals surface area contributed by atoms with Gasteiger partial charge in [-0.1, -0.05) is 44.4 Å². The monoisotopic (exact) mass is 259 g/mol. The Hall–Kier alpha value is -0.820. The number of benzene rings is 1. The molecule has 1 nitrogen and oxygen atoms in total. The van der Waals surface area contributed by atoms with Crippen LogP contribution in [0.3, 0.4) is 0 Å². The summed E-state index contributed by atoms with van der Waals surface area (Å²) in [5.41, 5.74) is 4.43. The molecular weight excluding hydrogens is 230 g/mol. The quantitative estimate of drug-likeness (QED) is 0.820. The number of hydrogen-bond donors (Lipinski definition) is 1. The van der Waals surface area contributed by atoms with Crippen molar-refractivity contribution in [3.05, 3.63) is 34.9 Å². The van der Waals surface area contributed by atoms with Crippen molar-refractivity contribution in [3.8, 4) is 0 Å². The number of nitrogens with one attached hydrogen (secondary N) is 1. The van der Waals surface area contributed by atoms with Crippen molar-refractivity contribution >= 4 is 0 Å². The molecule has 1 atom stereocenters. The average molecular weight is 259 g/mol. The molecule has 1 heteroatoms. The van der Waals surface area contributed by atoms with Crippen LogP contribution in [0.5, 0.6) is 0 Å². The third kappa shape index (κ3) is 3.20. The highest BCUT2D eigenvalue weighted by atomic mass is 14.9. The normalized spacial score (nSPS) is 25.3. The second-order valence-corrected chi connectivity index (χ2v) is 6.26. The van der Waals surface area contributed by atoms with Crippen molar-refractivity contribution in [3.63, 3.8) is 0 Å². The van der Waals surface area contributed by atoms with Gasteiger partial charge in [-0.3, -0.25) is 0 Å². The molecular formula is C18H29N. The summed E-state index contributed by atoms with van der Waals surface area (Å²) in [7, 11) is 2.13. The Balaban J connectivity index is 2.17. The van der Waals surface area contributed by atoms with Crippen LogP contribution in [-0.4, -0.2) is 7.05 Å². The number of aryl methyl sites for hydroxylation is 2. The van der Waals surface area contributed by atoms with Gasteiger partial charge in [-0.25, -0.2) is 0 Å². The van der Waals surface area contributed by atoms with Crippen LogP contribution in [0.15, 0.2) is 18.2 Å². The van der Waals surface area contributed by atoms with E-state index in [1.165, 1.54) is 43.2 Å². The van der Waals surface area contributed by atoms with Crippen LogP contribution in [0.1, 0.15) is 61.8 Å². The van der Waals surface area contributed by atoms with Crippen molar-refractivity contribution in [1.29, 1.82) is 0 Å². The third-order valence-electron chi connectivity index (χ3n) is 5.10. The highest BCUT2D eigenvalue weighted by Gasteiger charge is 2.28. The molecule has 0 aliphatic heterocycles. The first-order valence-electron chi connectivity index (χ1n) is 7.90. The smallest absolute Gasteiger partial charge is 0.0351 e. The van der Waals surface area contributed by atoms with Crippen LogP contribution in [0.25, 0.3) is 0 Å². The second-order valence-electron chi connectivity index (χ2n) is 6.26. The standard InChI is InChI=1S/C18H29N/c1-5-15-9-11-16(12-10-15)18(19-4)17-13(2)7-6-8-14(17)3/h6-8,15-16,18-19H,5,9-12H2,1-4H3. The lowest BCUT2D eigenvalue weighted by Gasteiger charge is -2.35. The van der Waals surface area contributed by atoms with Gasteiger partial charge in [-0.2, -0.15) is 0 Å². The van der Waals surface area contributed by atoms with Crippen molar-refractivity contribution in [2.75, 3.05) is 7.05 Å². The second kappa shape index (κ2) is 6.56. The van der Waals surface area contributed by atoms with E-state index in [2.05, 4.69) is 51.3 Å². The Labute approximate surface area is 118 Å². The zero-order chi connectivity index (χ0) is 13.8. The molecule has 1 aliphatic rings. The van der Waals surface area contributed by atoms with E-state index >= 15 is 0 Å². The maximum absolute atomic E-state index is 3.60. The summed E-state index contributed by atoms with van der Waals surface area (Å²) in [6, 6.07) is 7.22. The van der Waals surface area contributed by atoms with Gasteiger partial charge in [0.25, 0.3) is 0 Å². The van der Waals surface area contributed by atoms with Gasteiger partial charge in [0, 0.05) is 6.04 Å². The summed E-state index contributed by atoms with van der Waals surface area (Å²) in [5.74, 6) is 1.79. The minimum Gasteiger partial charge on any atom is -0.313 e. The van der Waals surface area contributed by atoms with Crippen LogP contribution < -0.4 is 5.32 Å². The molecule has 1 N–H and O–H groups in total. The molecule has 1 aliphatic carbocycles. The summed E-state index contributed by atoms with van der Waals surface area (Å²) >= 11 is 0. The number of hydrogen-bond acceptors (Lipinski definition) is 1. The van der Waals surface area contributed by atoms with Crippen LogP contribution in [-0.2, 0) is 0 Å². The Morgan fingerprint density at radius 3 is 2.16 bits per heavy atom. The zero-order valence-electron chi connectivity index (χ0n) is 13.0. The summed E-state index contributed by atoms with van der Waals surface area (Å²) in [6.07, 6.45) is 6.98. The first-order valence-corrected chi connectivity index (χ1v) is 7.90. The predicted molar refractivity (Wildman–Crippen MR) is 83.5 cm³/mol. The van der Waals surface area contributed by atoms with Crippen molar-refractivity contribution < 1.29 is 0 Å². The van der Waals surface area contributed by atoms with Gasteiger partial charge in [0.15, 0.2) is 0 Å². The molecule has 1 aromatic carbocycles. The lowest BCUT2D eigenvalue weighted by molar-refractivity contribution is 0.223. The predicted octanol–water partition coefficient (Wildman–Crippen LogP) is 4.78. The fourth-order valence-corrected chi connectivity index (χ4v) is 3.86. The summed E-state index contributed by atoms with van der Waals surface area (Å²) < 4.78 is 0. The summed E-state index contributed by atoms with van der Waals surface area (Å²) in [6.45, 7) is 6.85. The Morgan fingerprint density at radius 2 is 1.68 bits per heavy atom. The van der Waals surface area contributed by atoms with Gasteiger partial charge in [0.2, 0.25) is 0 Å². The van der Waals surface area contributed by atoms with Crippen LogP contribution >= 0.6 is 0 Å². The minimum absolute atomic E-state index is 0.541. The highest BCUT2D eigenvalue weighted by molar-refractivity contribution is 5.36. The molecule has 19 heavy (non-hydrogen) atoms. The Bertz CT molecular complexity index is 382. The lowest BCUT2D eigenvalue weighted by atomic mass is 9.75. The van der Waals surface area contributed by atoms with Gasteiger partial charge in [-0.05, 0) is 62.3 Å². The topological polar surface area (TPSA) is 12.0 Å².